The summed E-state index contributed by atoms with van der Waals surface area (Å²) in [7, 11) is 0. The first kappa shape index (κ1) is 17.3. The molecule has 1 aliphatic rings. The number of amides is 1. The van der Waals surface area contributed by atoms with Crippen molar-refractivity contribution >= 4 is 17.3 Å². The first-order valence-electron chi connectivity index (χ1n) is 8.93. The van der Waals surface area contributed by atoms with E-state index in [2.05, 4.69) is 67.4 Å². The van der Waals surface area contributed by atoms with Crippen LogP contribution in [-0.4, -0.2) is 43.5 Å². The molecule has 4 nitrogen and oxygen atoms in total. The van der Waals surface area contributed by atoms with E-state index >= 15 is 0 Å². The fourth-order valence-corrected chi connectivity index (χ4v) is 3.18. The summed E-state index contributed by atoms with van der Waals surface area (Å²) in [5.74, 6) is 0.169. The lowest BCUT2D eigenvalue weighted by atomic mass is 10.1. The summed E-state index contributed by atoms with van der Waals surface area (Å²) in [5.41, 5.74) is 6.04. The Balaban J connectivity index is 1.50. The number of benzene rings is 2. The average Bonchev–Trinajstić information content (AvgIpc) is 2.62. The summed E-state index contributed by atoms with van der Waals surface area (Å²) in [5, 5.41) is 3.26. The maximum atomic E-state index is 12.5. The van der Waals surface area contributed by atoms with Gasteiger partial charge in [0.05, 0.1) is 6.54 Å². The molecule has 0 unspecified atom stereocenters. The fraction of sp³-hybridized carbons (Fsp3) is 0.381. The molecule has 2 aromatic carbocycles. The van der Waals surface area contributed by atoms with E-state index < -0.39 is 0 Å². The third-order valence-corrected chi connectivity index (χ3v) is 4.95. The number of hydrogen-bond acceptors (Lipinski definition) is 3. The normalized spacial score (nSPS) is 14.5. The van der Waals surface area contributed by atoms with Crippen molar-refractivity contribution in [3.05, 3.63) is 59.2 Å². The number of carbonyl (C=O) groups is 1. The van der Waals surface area contributed by atoms with Crippen LogP contribution in [-0.2, 0) is 4.79 Å². The van der Waals surface area contributed by atoms with Gasteiger partial charge in [0.2, 0.25) is 5.91 Å². The highest BCUT2D eigenvalue weighted by Gasteiger charge is 2.21. The molecule has 1 amide bonds. The molecular weight excluding hydrogens is 310 g/mol. The SMILES string of the molecule is Cc1cccc(N2CCN(C(=O)CNc3ccc(C)c(C)c3)CC2)c1. The first-order chi connectivity index (χ1) is 12.0. The maximum Gasteiger partial charge on any atom is 0.241 e. The maximum absolute atomic E-state index is 12.5. The monoisotopic (exact) mass is 337 g/mol. The minimum atomic E-state index is 0.169. The smallest absolute Gasteiger partial charge is 0.241 e. The second-order valence-corrected chi connectivity index (χ2v) is 6.86. The molecule has 25 heavy (non-hydrogen) atoms. The zero-order valence-electron chi connectivity index (χ0n) is 15.4. The van der Waals surface area contributed by atoms with Crippen LogP contribution in [0.3, 0.4) is 0 Å². The quantitative estimate of drug-likeness (QED) is 0.929. The molecular formula is C21H27N3O. The van der Waals surface area contributed by atoms with Crippen molar-refractivity contribution in [3.8, 4) is 0 Å². The Hall–Kier alpha value is -2.49. The Morgan fingerprint density at radius 3 is 2.40 bits per heavy atom. The van der Waals surface area contributed by atoms with Gasteiger partial charge in [-0.3, -0.25) is 4.79 Å². The molecule has 132 valence electrons. The van der Waals surface area contributed by atoms with E-state index in [0.29, 0.717) is 6.54 Å². The van der Waals surface area contributed by atoms with Gasteiger partial charge >= 0.3 is 0 Å². The number of carbonyl (C=O) groups excluding carboxylic acids is 1. The Labute approximate surface area is 150 Å². The molecule has 0 bridgehead atoms. The van der Waals surface area contributed by atoms with E-state index in [1.807, 2.05) is 11.0 Å². The third kappa shape index (κ3) is 4.32. The first-order valence-corrected chi connectivity index (χ1v) is 8.93. The molecule has 1 N–H and O–H groups in total. The lowest BCUT2D eigenvalue weighted by Crippen LogP contribution is -2.50. The predicted octanol–water partition coefficient (Wildman–Crippen LogP) is 3.37. The molecule has 1 saturated heterocycles. The largest absolute Gasteiger partial charge is 0.376 e. The molecule has 0 aromatic heterocycles. The Morgan fingerprint density at radius 1 is 0.960 bits per heavy atom. The Kier molecular flexibility index (Phi) is 5.27. The standard InChI is InChI=1S/C21H27N3O/c1-16-5-4-6-20(13-16)23-9-11-24(12-10-23)21(25)15-22-19-8-7-17(2)18(3)14-19/h4-8,13-14,22H,9-12,15H2,1-3H3. The molecule has 0 saturated carbocycles. The minimum absolute atomic E-state index is 0.169. The van der Waals surface area contributed by atoms with Gasteiger partial charge in [-0.2, -0.15) is 0 Å². The fourth-order valence-electron chi connectivity index (χ4n) is 3.18. The van der Waals surface area contributed by atoms with Crippen LogP contribution < -0.4 is 10.2 Å². The number of hydrogen-bond donors (Lipinski definition) is 1. The van der Waals surface area contributed by atoms with E-state index in [1.54, 1.807) is 0 Å². The highest BCUT2D eigenvalue weighted by molar-refractivity contribution is 5.81. The van der Waals surface area contributed by atoms with Crippen LogP contribution in [0.15, 0.2) is 42.5 Å². The number of rotatable bonds is 4. The lowest BCUT2D eigenvalue weighted by molar-refractivity contribution is -0.129. The molecule has 1 heterocycles. The molecule has 0 spiro atoms. The van der Waals surface area contributed by atoms with Crippen LogP contribution in [0.2, 0.25) is 0 Å². The van der Waals surface area contributed by atoms with Gasteiger partial charge in [-0.05, 0) is 61.7 Å². The number of nitrogens with one attached hydrogen (secondary N) is 1. The van der Waals surface area contributed by atoms with Crippen molar-refractivity contribution in [2.24, 2.45) is 0 Å². The summed E-state index contributed by atoms with van der Waals surface area (Å²) in [6.45, 7) is 9.99. The van der Waals surface area contributed by atoms with E-state index in [4.69, 9.17) is 0 Å². The van der Waals surface area contributed by atoms with Gasteiger partial charge in [-0.15, -0.1) is 0 Å². The van der Waals surface area contributed by atoms with E-state index in [-0.39, 0.29) is 5.91 Å². The van der Waals surface area contributed by atoms with Crippen molar-refractivity contribution in [3.63, 3.8) is 0 Å². The van der Waals surface area contributed by atoms with Gasteiger partial charge in [0.1, 0.15) is 0 Å². The average molecular weight is 337 g/mol. The molecule has 4 heteroatoms. The molecule has 3 rings (SSSR count). The zero-order chi connectivity index (χ0) is 17.8. The van der Waals surface area contributed by atoms with Gasteiger partial charge in [0.25, 0.3) is 0 Å². The van der Waals surface area contributed by atoms with Crippen molar-refractivity contribution in [2.75, 3.05) is 42.9 Å². The zero-order valence-corrected chi connectivity index (χ0v) is 15.4. The summed E-state index contributed by atoms with van der Waals surface area (Å²) in [4.78, 5) is 16.8. The van der Waals surface area contributed by atoms with Gasteiger partial charge in [0, 0.05) is 37.6 Å². The van der Waals surface area contributed by atoms with E-state index in [9.17, 15) is 4.79 Å². The van der Waals surface area contributed by atoms with E-state index in [0.717, 1.165) is 31.9 Å². The Bertz CT molecular complexity index is 749. The van der Waals surface area contributed by atoms with Crippen molar-refractivity contribution in [1.82, 2.24) is 4.90 Å². The van der Waals surface area contributed by atoms with Gasteiger partial charge < -0.3 is 15.1 Å². The molecule has 0 radical (unpaired) electrons. The van der Waals surface area contributed by atoms with Crippen LogP contribution in [0.1, 0.15) is 16.7 Å². The van der Waals surface area contributed by atoms with E-state index in [1.165, 1.54) is 22.4 Å². The van der Waals surface area contributed by atoms with Crippen molar-refractivity contribution in [2.45, 2.75) is 20.8 Å². The number of piperazine rings is 1. The summed E-state index contributed by atoms with van der Waals surface area (Å²) in [6, 6.07) is 14.8. The lowest BCUT2D eigenvalue weighted by Gasteiger charge is -2.36. The molecule has 1 aliphatic heterocycles. The predicted molar refractivity (Wildman–Crippen MR) is 104 cm³/mol. The second kappa shape index (κ2) is 7.60. The minimum Gasteiger partial charge on any atom is -0.376 e. The van der Waals surface area contributed by atoms with Crippen molar-refractivity contribution in [1.29, 1.82) is 0 Å². The van der Waals surface area contributed by atoms with Gasteiger partial charge in [0.15, 0.2) is 0 Å². The third-order valence-electron chi connectivity index (χ3n) is 4.95. The molecule has 0 aliphatic carbocycles. The van der Waals surface area contributed by atoms with Crippen LogP contribution in [0, 0.1) is 20.8 Å². The van der Waals surface area contributed by atoms with Crippen LogP contribution in [0.4, 0.5) is 11.4 Å². The van der Waals surface area contributed by atoms with Crippen LogP contribution in [0.25, 0.3) is 0 Å². The molecule has 1 fully saturated rings. The van der Waals surface area contributed by atoms with Gasteiger partial charge in [-0.1, -0.05) is 18.2 Å². The highest BCUT2D eigenvalue weighted by Crippen LogP contribution is 2.18. The number of aryl methyl sites for hydroxylation is 3. The number of anilines is 2. The molecule has 2 aromatic rings. The van der Waals surface area contributed by atoms with Crippen LogP contribution >= 0.6 is 0 Å². The molecule has 0 atom stereocenters. The van der Waals surface area contributed by atoms with Gasteiger partial charge in [-0.25, -0.2) is 0 Å². The summed E-state index contributed by atoms with van der Waals surface area (Å²) >= 11 is 0. The van der Waals surface area contributed by atoms with Crippen molar-refractivity contribution < 1.29 is 4.79 Å². The van der Waals surface area contributed by atoms with Crippen LogP contribution in [0.5, 0.6) is 0 Å². The summed E-state index contributed by atoms with van der Waals surface area (Å²) < 4.78 is 0. The highest BCUT2D eigenvalue weighted by atomic mass is 16.2. The summed E-state index contributed by atoms with van der Waals surface area (Å²) in [6.07, 6.45) is 0. The Morgan fingerprint density at radius 2 is 1.72 bits per heavy atom. The topological polar surface area (TPSA) is 35.6 Å². The number of nitrogens with zero attached hydrogens (tertiary/aromatic N) is 2. The second-order valence-electron chi connectivity index (χ2n) is 6.86.